The van der Waals surface area contributed by atoms with Gasteiger partial charge in [-0.1, -0.05) is 25.5 Å². The van der Waals surface area contributed by atoms with E-state index in [-0.39, 0.29) is 42.8 Å². The summed E-state index contributed by atoms with van der Waals surface area (Å²) in [5.74, 6) is 0.213. The molecule has 160 valence electrons. The highest BCUT2D eigenvalue weighted by molar-refractivity contribution is 5.99. The summed E-state index contributed by atoms with van der Waals surface area (Å²) in [7, 11) is 1.44. The van der Waals surface area contributed by atoms with Crippen LogP contribution in [-0.2, 0) is 6.54 Å². The van der Waals surface area contributed by atoms with E-state index in [0.29, 0.717) is 11.7 Å². The van der Waals surface area contributed by atoms with Crippen molar-refractivity contribution < 1.29 is 19.4 Å². The minimum Gasteiger partial charge on any atom is -0.491 e. The van der Waals surface area contributed by atoms with E-state index in [1.807, 2.05) is 6.07 Å². The topological polar surface area (TPSA) is 110 Å². The molecule has 1 fully saturated rings. The van der Waals surface area contributed by atoms with Crippen LogP contribution in [0.25, 0.3) is 0 Å². The van der Waals surface area contributed by atoms with Crippen molar-refractivity contribution in [1.29, 1.82) is 0 Å². The fraction of sp³-hybridized carbons (Fsp3) is 0.409. The molecule has 8 heteroatoms. The molecule has 1 aliphatic rings. The molecule has 1 aromatic heterocycles. The Kier molecular flexibility index (Phi) is 6.89. The highest BCUT2D eigenvalue weighted by atomic mass is 16.5. The summed E-state index contributed by atoms with van der Waals surface area (Å²) in [6.45, 7) is 2.32. The molecule has 2 aromatic rings. The predicted octanol–water partition coefficient (Wildman–Crippen LogP) is 1.16. The molecule has 2 amide bonds. The van der Waals surface area contributed by atoms with Gasteiger partial charge in [-0.25, -0.2) is 0 Å². The summed E-state index contributed by atoms with van der Waals surface area (Å²) >= 11 is 0. The molecule has 3 rings (SSSR count). The van der Waals surface area contributed by atoms with Crippen LogP contribution in [0, 0.1) is 5.92 Å². The van der Waals surface area contributed by atoms with Crippen molar-refractivity contribution in [2.75, 3.05) is 20.3 Å². The van der Waals surface area contributed by atoms with Crippen molar-refractivity contribution in [3.8, 4) is 5.75 Å². The first kappa shape index (κ1) is 21.6. The van der Waals surface area contributed by atoms with Crippen LogP contribution in [0.15, 0.2) is 41.3 Å². The lowest BCUT2D eigenvalue weighted by atomic mass is 10.1. The van der Waals surface area contributed by atoms with Crippen molar-refractivity contribution >= 4 is 11.8 Å². The number of rotatable bonds is 9. The Morgan fingerprint density at radius 3 is 2.73 bits per heavy atom. The quantitative estimate of drug-likeness (QED) is 0.571. The smallest absolute Gasteiger partial charge is 0.263 e. The standard InChI is InChI=1S/C22H27N3O5/c1-3-15-11-19(15)24-20(27)16-10-18(21(28)23-2)22(29)25(13-16)12-14-5-4-6-17(9-14)30-8-7-26/h4-6,9-10,13,15,19,26H,3,7-8,11-12H2,1-2H3,(H,23,28)(H,24,27). The van der Waals surface area contributed by atoms with Gasteiger partial charge in [-0.3, -0.25) is 14.4 Å². The number of carbonyl (C=O) groups excluding carboxylic acids is 2. The molecular weight excluding hydrogens is 386 g/mol. The van der Waals surface area contributed by atoms with E-state index >= 15 is 0 Å². The molecule has 8 nitrogen and oxygen atoms in total. The molecule has 1 heterocycles. The summed E-state index contributed by atoms with van der Waals surface area (Å²) in [6, 6.07) is 8.59. The fourth-order valence-corrected chi connectivity index (χ4v) is 3.40. The van der Waals surface area contributed by atoms with Crippen molar-refractivity contribution in [2.45, 2.75) is 32.4 Å². The van der Waals surface area contributed by atoms with Gasteiger partial charge in [-0.15, -0.1) is 0 Å². The molecule has 30 heavy (non-hydrogen) atoms. The summed E-state index contributed by atoms with van der Waals surface area (Å²) in [6.07, 6.45) is 3.43. The zero-order valence-corrected chi connectivity index (χ0v) is 17.2. The summed E-state index contributed by atoms with van der Waals surface area (Å²) < 4.78 is 6.77. The Morgan fingerprint density at radius 2 is 2.07 bits per heavy atom. The first-order chi connectivity index (χ1) is 14.5. The van der Waals surface area contributed by atoms with E-state index in [2.05, 4.69) is 17.6 Å². The molecule has 1 aromatic carbocycles. The third-order valence-electron chi connectivity index (χ3n) is 5.19. The highest BCUT2D eigenvalue weighted by Crippen LogP contribution is 2.33. The average molecular weight is 413 g/mol. The summed E-state index contributed by atoms with van der Waals surface area (Å²) in [5.41, 5.74) is 0.468. The maximum Gasteiger partial charge on any atom is 0.263 e. The Bertz CT molecular complexity index is 985. The molecule has 3 N–H and O–H groups in total. The number of nitrogens with one attached hydrogen (secondary N) is 2. The third-order valence-corrected chi connectivity index (χ3v) is 5.19. The van der Waals surface area contributed by atoms with Gasteiger partial charge in [0.2, 0.25) is 0 Å². The van der Waals surface area contributed by atoms with Crippen LogP contribution in [0.4, 0.5) is 0 Å². The maximum absolute atomic E-state index is 12.8. The zero-order chi connectivity index (χ0) is 21.7. The monoisotopic (exact) mass is 413 g/mol. The first-order valence-corrected chi connectivity index (χ1v) is 10.1. The molecular formula is C22H27N3O5. The van der Waals surface area contributed by atoms with Crippen molar-refractivity contribution in [2.24, 2.45) is 5.92 Å². The highest BCUT2D eigenvalue weighted by Gasteiger charge is 2.36. The second kappa shape index (κ2) is 9.58. The molecule has 0 aliphatic heterocycles. The van der Waals surface area contributed by atoms with Crippen LogP contribution in [0.2, 0.25) is 0 Å². The van der Waals surface area contributed by atoms with Gasteiger partial charge in [-0.05, 0) is 36.1 Å². The van der Waals surface area contributed by atoms with Gasteiger partial charge >= 0.3 is 0 Å². The minimum atomic E-state index is -0.540. The van der Waals surface area contributed by atoms with Crippen LogP contribution in [0.5, 0.6) is 5.75 Å². The zero-order valence-electron chi connectivity index (χ0n) is 17.2. The molecule has 2 unspecified atom stereocenters. The van der Waals surface area contributed by atoms with Gasteiger partial charge in [0, 0.05) is 19.3 Å². The van der Waals surface area contributed by atoms with E-state index < -0.39 is 11.5 Å². The van der Waals surface area contributed by atoms with Crippen LogP contribution >= 0.6 is 0 Å². The molecule has 1 saturated carbocycles. The largest absolute Gasteiger partial charge is 0.491 e. The Labute approximate surface area is 174 Å². The Morgan fingerprint density at radius 1 is 1.27 bits per heavy atom. The number of carbonyl (C=O) groups is 2. The molecule has 0 radical (unpaired) electrons. The molecule has 1 aliphatic carbocycles. The summed E-state index contributed by atoms with van der Waals surface area (Å²) in [5, 5.41) is 14.3. The molecule has 0 bridgehead atoms. The second-order valence-electron chi connectivity index (χ2n) is 7.36. The third kappa shape index (κ3) is 5.07. The van der Waals surface area contributed by atoms with E-state index in [9.17, 15) is 14.4 Å². The number of aliphatic hydroxyl groups is 1. The number of nitrogens with zero attached hydrogens (tertiary/aromatic N) is 1. The van der Waals surface area contributed by atoms with E-state index in [4.69, 9.17) is 9.84 Å². The van der Waals surface area contributed by atoms with Crippen molar-refractivity contribution in [3.63, 3.8) is 0 Å². The lowest BCUT2D eigenvalue weighted by Gasteiger charge is -2.13. The SMILES string of the molecule is CCC1CC1NC(=O)c1cc(C(=O)NC)c(=O)n(Cc2cccc(OCCO)c2)c1. The van der Waals surface area contributed by atoms with Gasteiger partial charge < -0.3 is 25.0 Å². The predicted molar refractivity (Wildman–Crippen MR) is 112 cm³/mol. The van der Waals surface area contributed by atoms with E-state index in [0.717, 1.165) is 18.4 Å². The minimum absolute atomic E-state index is 0.0827. The van der Waals surface area contributed by atoms with Crippen LogP contribution in [0.3, 0.4) is 0 Å². The maximum atomic E-state index is 12.8. The number of hydrogen-bond acceptors (Lipinski definition) is 5. The van der Waals surface area contributed by atoms with Crippen molar-refractivity contribution in [3.05, 3.63) is 63.6 Å². The number of pyridine rings is 1. The average Bonchev–Trinajstić information content (AvgIpc) is 3.51. The number of aliphatic hydroxyl groups excluding tert-OH is 1. The number of ether oxygens (including phenoxy) is 1. The fourth-order valence-electron chi connectivity index (χ4n) is 3.40. The molecule has 0 spiro atoms. The van der Waals surface area contributed by atoms with Gasteiger partial charge in [0.25, 0.3) is 17.4 Å². The van der Waals surface area contributed by atoms with Crippen LogP contribution in [-0.4, -0.2) is 47.8 Å². The first-order valence-electron chi connectivity index (χ1n) is 10.1. The number of aromatic nitrogens is 1. The van der Waals surface area contributed by atoms with Gasteiger partial charge in [0.15, 0.2) is 0 Å². The van der Waals surface area contributed by atoms with Gasteiger partial charge in [-0.2, -0.15) is 0 Å². The van der Waals surface area contributed by atoms with Crippen LogP contribution < -0.4 is 20.9 Å². The van der Waals surface area contributed by atoms with Crippen molar-refractivity contribution in [1.82, 2.24) is 15.2 Å². The van der Waals surface area contributed by atoms with E-state index in [1.165, 1.54) is 23.9 Å². The second-order valence-corrected chi connectivity index (χ2v) is 7.36. The number of hydrogen-bond donors (Lipinski definition) is 3. The summed E-state index contributed by atoms with van der Waals surface area (Å²) in [4.78, 5) is 37.8. The normalized spacial score (nSPS) is 17.3. The van der Waals surface area contributed by atoms with Gasteiger partial charge in [0.05, 0.1) is 18.7 Å². The molecule has 0 saturated heterocycles. The lowest BCUT2D eigenvalue weighted by Crippen LogP contribution is -2.34. The lowest BCUT2D eigenvalue weighted by molar-refractivity contribution is 0.0948. The molecule has 2 atom stereocenters. The Hall–Kier alpha value is -3.13. The Balaban J connectivity index is 1.90. The number of amides is 2. The van der Waals surface area contributed by atoms with Crippen LogP contribution in [0.1, 0.15) is 46.0 Å². The number of benzene rings is 1. The van der Waals surface area contributed by atoms with E-state index in [1.54, 1.807) is 18.2 Å². The van der Waals surface area contributed by atoms with Gasteiger partial charge in [0.1, 0.15) is 17.9 Å².